The fraction of sp³-hybridized carbons (Fsp3) is 0.278. The van der Waals surface area contributed by atoms with Gasteiger partial charge in [-0.3, -0.25) is 9.59 Å². The van der Waals surface area contributed by atoms with Gasteiger partial charge in [-0.05, 0) is 12.1 Å². The van der Waals surface area contributed by atoms with E-state index in [2.05, 4.69) is 4.98 Å². The van der Waals surface area contributed by atoms with Crippen LogP contribution >= 0.6 is 0 Å². The van der Waals surface area contributed by atoms with E-state index in [0.717, 1.165) is 11.5 Å². The lowest BCUT2D eigenvalue weighted by Crippen LogP contribution is -2.32. The molecule has 24 heavy (non-hydrogen) atoms. The number of hydrogen-bond donors (Lipinski definition) is 1. The molecule has 0 aliphatic rings. The number of benzene rings is 1. The van der Waals surface area contributed by atoms with Crippen molar-refractivity contribution in [2.45, 2.75) is 6.42 Å². The number of carbonyl (C=O) groups is 2. The van der Waals surface area contributed by atoms with E-state index in [0.29, 0.717) is 5.56 Å². The standard InChI is InChI=1S/C18H21N3O3/c1-20(2)17-9-8-15(12-19-17)21(11-10-18(23)24)13-16(22)14-6-4-3-5-7-14/h3-9,12H,10-11,13H2,1-2H3,(H,23,24). The van der Waals surface area contributed by atoms with Gasteiger partial charge < -0.3 is 14.9 Å². The Hall–Kier alpha value is -2.89. The number of anilines is 2. The van der Waals surface area contributed by atoms with E-state index in [4.69, 9.17) is 5.11 Å². The SMILES string of the molecule is CN(C)c1ccc(N(CCC(=O)O)CC(=O)c2ccccc2)cn1. The second-order valence-electron chi connectivity index (χ2n) is 5.62. The summed E-state index contributed by atoms with van der Waals surface area (Å²) in [5.74, 6) is -0.158. The molecule has 0 radical (unpaired) electrons. The maximum Gasteiger partial charge on any atom is 0.305 e. The Morgan fingerprint density at radius 1 is 1.08 bits per heavy atom. The summed E-state index contributed by atoms with van der Waals surface area (Å²) in [5, 5.41) is 8.94. The normalized spacial score (nSPS) is 10.2. The predicted octanol–water partition coefficient (Wildman–Crippen LogP) is 2.31. The van der Waals surface area contributed by atoms with Gasteiger partial charge in [-0.15, -0.1) is 0 Å². The van der Waals surface area contributed by atoms with E-state index in [1.165, 1.54) is 0 Å². The maximum absolute atomic E-state index is 12.4. The summed E-state index contributed by atoms with van der Waals surface area (Å²) in [7, 11) is 3.78. The molecule has 0 fully saturated rings. The number of carbonyl (C=O) groups excluding carboxylic acids is 1. The van der Waals surface area contributed by atoms with Gasteiger partial charge >= 0.3 is 5.97 Å². The number of Topliss-reactive ketones (excluding diaryl/α,β-unsaturated/α-hetero) is 1. The summed E-state index contributed by atoms with van der Waals surface area (Å²) >= 11 is 0. The highest BCUT2D eigenvalue weighted by molar-refractivity contribution is 5.99. The fourth-order valence-corrected chi connectivity index (χ4v) is 2.25. The second kappa shape index (κ2) is 8.10. The highest BCUT2D eigenvalue weighted by Gasteiger charge is 2.15. The molecule has 6 heteroatoms. The molecule has 1 heterocycles. The van der Waals surface area contributed by atoms with Crippen molar-refractivity contribution in [1.82, 2.24) is 4.98 Å². The first kappa shape index (κ1) is 17.5. The van der Waals surface area contributed by atoms with Gasteiger partial charge in [0.2, 0.25) is 0 Å². The Kier molecular flexibility index (Phi) is 5.89. The van der Waals surface area contributed by atoms with Gasteiger partial charge in [-0.25, -0.2) is 4.98 Å². The first-order chi connectivity index (χ1) is 11.5. The third kappa shape index (κ3) is 4.81. The maximum atomic E-state index is 12.4. The lowest BCUT2D eigenvalue weighted by Gasteiger charge is -2.24. The number of pyridine rings is 1. The zero-order valence-corrected chi connectivity index (χ0v) is 13.8. The van der Waals surface area contributed by atoms with Crippen LogP contribution in [0.2, 0.25) is 0 Å². The highest BCUT2D eigenvalue weighted by atomic mass is 16.4. The first-order valence-electron chi connectivity index (χ1n) is 7.65. The smallest absolute Gasteiger partial charge is 0.305 e. The van der Waals surface area contributed by atoms with Crippen LogP contribution in [0.5, 0.6) is 0 Å². The van der Waals surface area contributed by atoms with E-state index < -0.39 is 5.97 Å². The van der Waals surface area contributed by atoms with E-state index in [1.807, 2.05) is 49.3 Å². The van der Waals surface area contributed by atoms with Crippen LogP contribution < -0.4 is 9.80 Å². The Labute approximate surface area is 141 Å². The van der Waals surface area contributed by atoms with Crippen molar-refractivity contribution in [1.29, 1.82) is 0 Å². The molecule has 0 spiro atoms. The number of aromatic nitrogens is 1. The molecule has 0 saturated carbocycles. The van der Waals surface area contributed by atoms with E-state index >= 15 is 0 Å². The molecule has 0 atom stereocenters. The molecule has 0 amide bonds. The summed E-state index contributed by atoms with van der Waals surface area (Å²) in [4.78, 5) is 31.3. The Balaban J connectivity index is 2.17. The van der Waals surface area contributed by atoms with E-state index in [1.54, 1.807) is 23.2 Å². The van der Waals surface area contributed by atoms with Crippen molar-refractivity contribution in [3.63, 3.8) is 0 Å². The summed E-state index contributed by atoms with van der Waals surface area (Å²) in [6.45, 7) is 0.358. The lowest BCUT2D eigenvalue weighted by molar-refractivity contribution is -0.136. The molecular formula is C18H21N3O3. The topological polar surface area (TPSA) is 73.7 Å². The average molecular weight is 327 g/mol. The van der Waals surface area contributed by atoms with E-state index in [-0.39, 0.29) is 25.3 Å². The van der Waals surface area contributed by atoms with Crippen LogP contribution in [0.3, 0.4) is 0 Å². The number of aliphatic carboxylic acids is 1. The summed E-state index contributed by atoms with van der Waals surface area (Å²) < 4.78 is 0. The van der Waals surface area contributed by atoms with Gasteiger partial charge in [0.05, 0.1) is 24.8 Å². The first-order valence-corrected chi connectivity index (χ1v) is 7.65. The zero-order valence-electron chi connectivity index (χ0n) is 13.8. The number of hydrogen-bond acceptors (Lipinski definition) is 5. The van der Waals surface area contributed by atoms with Gasteiger partial charge in [0, 0.05) is 26.2 Å². The van der Waals surface area contributed by atoms with Gasteiger partial charge in [0.15, 0.2) is 5.78 Å². The molecule has 1 aromatic carbocycles. The molecule has 0 saturated heterocycles. The quantitative estimate of drug-likeness (QED) is 0.750. The van der Waals surface area contributed by atoms with Crippen LogP contribution in [0.15, 0.2) is 48.7 Å². The molecule has 0 aliphatic carbocycles. The Morgan fingerprint density at radius 2 is 1.79 bits per heavy atom. The van der Waals surface area contributed by atoms with Crippen molar-refractivity contribution in [2.75, 3.05) is 37.0 Å². The van der Waals surface area contributed by atoms with Crippen LogP contribution in [0.25, 0.3) is 0 Å². The largest absolute Gasteiger partial charge is 0.481 e. The summed E-state index contributed by atoms with van der Waals surface area (Å²) in [6, 6.07) is 12.7. The summed E-state index contributed by atoms with van der Waals surface area (Å²) in [5.41, 5.74) is 1.34. The van der Waals surface area contributed by atoms with Gasteiger partial charge in [-0.2, -0.15) is 0 Å². The Morgan fingerprint density at radius 3 is 2.33 bits per heavy atom. The van der Waals surface area contributed by atoms with Gasteiger partial charge in [0.1, 0.15) is 5.82 Å². The molecule has 2 rings (SSSR count). The Bertz CT molecular complexity index is 684. The molecule has 0 aliphatic heterocycles. The number of nitrogens with zero attached hydrogens (tertiary/aromatic N) is 3. The lowest BCUT2D eigenvalue weighted by atomic mass is 10.1. The van der Waals surface area contributed by atoms with Crippen LogP contribution in [0, 0.1) is 0 Å². The van der Waals surface area contributed by atoms with Crippen molar-refractivity contribution < 1.29 is 14.7 Å². The third-order valence-corrected chi connectivity index (χ3v) is 3.58. The van der Waals surface area contributed by atoms with Crippen LogP contribution in [0.4, 0.5) is 11.5 Å². The zero-order chi connectivity index (χ0) is 17.5. The number of ketones is 1. The van der Waals surface area contributed by atoms with Crippen molar-refractivity contribution in [2.24, 2.45) is 0 Å². The molecule has 1 N–H and O–H groups in total. The predicted molar refractivity (Wildman–Crippen MR) is 93.8 cm³/mol. The van der Waals surface area contributed by atoms with Crippen LogP contribution in [-0.4, -0.2) is 49.0 Å². The minimum Gasteiger partial charge on any atom is -0.481 e. The molecule has 6 nitrogen and oxygen atoms in total. The molecular weight excluding hydrogens is 306 g/mol. The number of rotatable bonds is 8. The minimum atomic E-state index is -0.898. The minimum absolute atomic E-state index is 0.0441. The highest BCUT2D eigenvalue weighted by Crippen LogP contribution is 2.17. The molecule has 126 valence electrons. The third-order valence-electron chi connectivity index (χ3n) is 3.58. The van der Waals surface area contributed by atoms with Crippen molar-refractivity contribution >= 4 is 23.3 Å². The second-order valence-corrected chi connectivity index (χ2v) is 5.62. The van der Waals surface area contributed by atoms with E-state index in [9.17, 15) is 9.59 Å². The fourth-order valence-electron chi connectivity index (χ4n) is 2.25. The summed E-state index contributed by atoms with van der Waals surface area (Å²) in [6.07, 6.45) is 1.62. The average Bonchev–Trinajstić information content (AvgIpc) is 2.59. The monoisotopic (exact) mass is 327 g/mol. The molecule has 0 bridgehead atoms. The number of carboxylic acid groups (broad SMARTS) is 1. The van der Waals surface area contributed by atoms with Crippen LogP contribution in [0.1, 0.15) is 16.8 Å². The molecule has 2 aromatic rings. The van der Waals surface area contributed by atoms with Crippen molar-refractivity contribution in [3.05, 3.63) is 54.2 Å². The molecule has 1 aromatic heterocycles. The van der Waals surface area contributed by atoms with Crippen molar-refractivity contribution in [3.8, 4) is 0 Å². The number of carboxylic acids is 1. The van der Waals surface area contributed by atoms with Crippen LogP contribution in [-0.2, 0) is 4.79 Å². The van der Waals surface area contributed by atoms with Gasteiger partial charge in [0.25, 0.3) is 0 Å². The molecule has 0 unspecified atom stereocenters. The van der Waals surface area contributed by atoms with Gasteiger partial charge in [-0.1, -0.05) is 30.3 Å².